The van der Waals surface area contributed by atoms with Gasteiger partial charge in [-0.15, -0.1) is 0 Å². The molecule has 3 nitrogen and oxygen atoms in total. The first-order chi connectivity index (χ1) is 7.65. The molecule has 0 aliphatic carbocycles. The quantitative estimate of drug-likeness (QED) is 0.838. The Morgan fingerprint density at radius 3 is 3.00 bits per heavy atom. The van der Waals surface area contributed by atoms with E-state index < -0.39 is 6.10 Å². The van der Waals surface area contributed by atoms with Gasteiger partial charge in [0.25, 0.3) is 0 Å². The summed E-state index contributed by atoms with van der Waals surface area (Å²) < 4.78 is 18.4. The molecule has 0 spiro atoms. The number of benzene rings is 1. The number of hydrogen-bond donors (Lipinski definition) is 2. The first-order valence-corrected chi connectivity index (χ1v) is 5.75. The molecule has 1 aromatic carbocycles. The second-order valence-electron chi connectivity index (χ2n) is 3.45. The third kappa shape index (κ3) is 4.17. The van der Waals surface area contributed by atoms with E-state index in [1.165, 1.54) is 13.2 Å². The van der Waals surface area contributed by atoms with E-state index in [0.29, 0.717) is 17.6 Å². The van der Waals surface area contributed by atoms with Crippen molar-refractivity contribution >= 4 is 15.9 Å². The number of aliphatic hydroxyl groups is 1. The number of halogens is 2. The molecule has 0 aromatic heterocycles. The van der Waals surface area contributed by atoms with Gasteiger partial charge >= 0.3 is 0 Å². The normalized spacial score (nSPS) is 12.8. The Kier molecular flexibility index (Phi) is 5.90. The minimum absolute atomic E-state index is 0.281. The van der Waals surface area contributed by atoms with Crippen LogP contribution in [0.5, 0.6) is 0 Å². The molecule has 90 valence electrons. The van der Waals surface area contributed by atoms with E-state index in [2.05, 4.69) is 21.2 Å². The molecular weight excluding hydrogens is 277 g/mol. The monoisotopic (exact) mass is 291 g/mol. The van der Waals surface area contributed by atoms with Gasteiger partial charge in [-0.3, -0.25) is 0 Å². The molecule has 1 aromatic rings. The highest BCUT2D eigenvalue weighted by Gasteiger charge is 2.06. The lowest BCUT2D eigenvalue weighted by atomic mass is 10.2. The fourth-order valence-corrected chi connectivity index (χ4v) is 1.71. The lowest BCUT2D eigenvalue weighted by Gasteiger charge is -2.11. The van der Waals surface area contributed by atoms with Crippen LogP contribution in [0.4, 0.5) is 4.39 Å². The van der Waals surface area contributed by atoms with Crippen LogP contribution in [0, 0.1) is 5.82 Å². The lowest BCUT2D eigenvalue weighted by Crippen LogP contribution is -2.29. The molecule has 1 rings (SSSR count). The number of aliphatic hydroxyl groups excluding tert-OH is 1. The van der Waals surface area contributed by atoms with Crippen LogP contribution < -0.4 is 5.32 Å². The molecule has 0 saturated carbocycles. The van der Waals surface area contributed by atoms with Crippen LogP contribution in [-0.4, -0.2) is 31.5 Å². The van der Waals surface area contributed by atoms with E-state index in [1.54, 1.807) is 6.07 Å². The summed E-state index contributed by atoms with van der Waals surface area (Å²) in [7, 11) is 1.53. The van der Waals surface area contributed by atoms with Crippen LogP contribution >= 0.6 is 15.9 Å². The zero-order valence-electron chi connectivity index (χ0n) is 9.04. The number of methoxy groups -OCH3 is 1. The van der Waals surface area contributed by atoms with Crippen molar-refractivity contribution in [2.24, 2.45) is 0 Å². The van der Waals surface area contributed by atoms with Gasteiger partial charge in [0.1, 0.15) is 5.82 Å². The molecule has 2 N–H and O–H groups in total. The first kappa shape index (κ1) is 13.6. The van der Waals surface area contributed by atoms with Crippen LogP contribution in [0.2, 0.25) is 0 Å². The molecule has 0 amide bonds. The van der Waals surface area contributed by atoms with Gasteiger partial charge in [0.05, 0.1) is 17.2 Å². The maximum atomic E-state index is 13.1. The average Bonchev–Trinajstić information content (AvgIpc) is 2.25. The number of hydrogen-bond acceptors (Lipinski definition) is 3. The van der Waals surface area contributed by atoms with E-state index in [0.717, 1.165) is 5.56 Å². The molecule has 0 radical (unpaired) electrons. The summed E-state index contributed by atoms with van der Waals surface area (Å²) in [6.45, 7) is 1.20. The van der Waals surface area contributed by atoms with E-state index in [9.17, 15) is 9.50 Å². The van der Waals surface area contributed by atoms with Crippen LogP contribution in [-0.2, 0) is 11.3 Å². The van der Waals surface area contributed by atoms with Gasteiger partial charge in [-0.2, -0.15) is 0 Å². The summed E-state index contributed by atoms with van der Waals surface area (Å²) in [6.07, 6.45) is -0.544. The SMILES string of the molecule is COCC(O)CNCc1cccc(F)c1Br. The van der Waals surface area contributed by atoms with Crippen molar-refractivity contribution in [1.82, 2.24) is 5.32 Å². The minimum atomic E-state index is -0.544. The minimum Gasteiger partial charge on any atom is -0.389 e. The Hall–Kier alpha value is -0.490. The zero-order valence-corrected chi connectivity index (χ0v) is 10.6. The molecule has 0 saturated heterocycles. The van der Waals surface area contributed by atoms with Gasteiger partial charge in [0.2, 0.25) is 0 Å². The van der Waals surface area contributed by atoms with Gasteiger partial charge in [0, 0.05) is 20.2 Å². The highest BCUT2D eigenvalue weighted by molar-refractivity contribution is 9.10. The van der Waals surface area contributed by atoms with E-state index in [1.807, 2.05) is 6.07 Å². The smallest absolute Gasteiger partial charge is 0.137 e. The Labute approximate surface area is 103 Å². The summed E-state index contributed by atoms with van der Waals surface area (Å²) in [5, 5.41) is 12.4. The predicted molar refractivity (Wildman–Crippen MR) is 63.7 cm³/mol. The molecule has 1 unspecified atom stereocenters. The summed E-state index contributed by atoms with van der Waals surface area (Å²) >= 11 is 3.18. The second kappa shape index (κ2) is 6.96. The molecule has 0 heterocycles. The van der Waals surface area contributed by atoms with Crippen LogP contribution in [0.3, 0.4) is 0 Å². The fourth-order valence-electron chi connectivity index (χ4n) is 1.31. The fraction of sp³-hybridized carbons (Fsp3) is 0.455. The van der Waals surface area contributed by atoms with Crippen molar-refractivity contribution < 1.29 is 14.2 Å². The topological polar surface area (TPSA) is 41.5 Å². The van der Waals surface area contributed by atoms with Crippen LogP contribution in [0.25, 0.3) is 0 Å². The molecule has 16 heavy (non-hydrogen) atoms. The van der Waals surface area contributed by atoms with E-state index in [-0.39, 0.29) is 12.4 Å². The van der Waals surface area contributed by atoms with Gasteiger partial charge < -0.3 is 15.2 Å². The molecule has 5 heteroatoms. The predicted octanol–water partition coefficient (Wildman–Crippen LogP) is 1.69. The molecule has 1 atom stereocenters. The average molecular weight is 292 g/mol. The summed E-state index contributed by atoms with van der Waals surface area (Å²) in [5.74, 6) is -0.281. The largest absolute Gasteiger partial charge is 0.389 e. The first-order valence-electron chi connectivity index (χ1n) is 4.95. The Balaban J connectivity index is 2.40. The van der Waals surface area contributed by atoms with Gasteiger partial charge in [-0.1, -0.05) is 12.1 Å². The van der Waals surface area contributed by atoms with E-state index in [4.69, 9.17) is 4.74 Å². The molecule has 0 bridgehead atoms. The number of ether oxygens (including phenoxy) is 1. The van der Waals surface area contributed by atoms with Crippen molar-refractivity contribution in [3.63, 3.8) is 0 Å². The summed E-state index contributed by atoms with van der Waals surface area (Å²) in [4.78, 5) is 0. The van der Waals surface area contributed by atoms with Gasteiger partial charge in [-0.05, 0) is 27.6 Å². The molecule has 0 fully saturated rings. The summed E-state index contributed by atoms with van der Waals surface area (Å²) in [6, 6.07) is 4.87. The molecular formula is C11H15BrFNO2. The Morgan fingerprint density at radius 1 is 1.56 bits per heavy atom. The second-order valence-corrected chi connectivity index (χ2v) is 4.25. The number of nitrogens with one attached hydrogen (secondary N) is 1. The van der Waals surface area contributed by atoms with Crippen LogP contribution in [0.15, 0.2) is 22.7 Å². The van der Waals surface area contributed by atoms with Crippen LogP contribution in [0.1, 0.15) is 5.56 Å². The van der Waals surface area contributed by atoms with Gasteiger partial charge in [-0.25, -0.2) is 4.39 Å². The molecule has 0 aliphatic rings. The third-order valence-electron chi connectivity index (χ3n) is 2.09. The maximum Gasteiger partial charge on any atom is 0.137 e. The third-order valence-corrected chi connectivity index (χ3v) is 2.97. The Bertz CT molecular complexity index is 336. The number of rotatable bonds is 6. The van der Waals surface area contributed by atoms with Gasteiger partial charge in [0.15, 0.2) is 0 Å². The summed E-state index contributed by atoms with van der Waals surface area (Å²) in [5.41, 5.74) is 0.824. The van der Waals surface area contributed by atoms with Crippen molar-refractivity contribution in [2.45, 2.75) is 12.6 Å². The zero-order chi connectivity index (χ0) is 12.0. The Morgan fingerprint density at radius 2 is 2.31 bits per heavy atom. The van der Waals surface area contributed by atoms with Crippen molar-refractivity contribution in [3.8, 4) is 0 Å². The standard InChI is InChI=1S/C11H15BrFNO2/c1-16-7-9(15)6-14-5-8-3-2-4-10(13)11(8)12/h2-4,9,14-15H,5-7H2,1H3. The van der Waals surface area contributed by atoms with E-state index >= 15 is 0 Å². The lowest BCUT2D eigenvalue weighted by molar-refractivity contribution is 0.0644. The van der Waals surface area contributed by atoms with Crippen molar-refractivity contribution in [1.29, 1.82) is 0 Å². The molecule has 0 aliphatic heterocycles. The highest BCUT2D eigenvalue weighted by atomic mass is 79.9. The highest BCUT2D eigenvalue weighted by Crippen LogP contribution is 2.19. The maximum absolute atomic E-state index is 13.1. The van der Waals surface area contributed by atoms with Crippen molar-refractivity contribution in [3.05, 3.63) is 34.1 Å². The van der Waals surface area contributed by atoms with Crippen molar-refractivity contribution in [2.75, 3.05) is 20.3 Å².